The van der Waals surface area contributed by atoms with E-state index in [0.29, 0.717) is 11.8 Å². The van der Waals surface area contributed by atoms with Gasteiger partial charge in [-0.15, -0.1) is 0 Å². The number of non-ortho nitro benzene ring substituents is 1. The summed E-state index contributed by atoms with van der Waals surface area (Å²) in [6.45, 7) is 3.45. The molecule has 6 nitrogen and oxygen atoms in total. The van der Waals surface area contributed by atoms with Crippen LogP contribution in [-0.2, 0) is 13.1 Å². The van der Waals surface area contributed by atoms with Crippen LogP contribution in [0.5, 0.6) is 5.75 Å². The first-order valence-corrected chi connectivity index (χ1v) is 10.4. The van der Waals surface area contributed by atoms with Crippen molar-refractivity contribution in [1.29, 1.82) is 0 Å². The van der Waals surface area contributed by atoms with Gasteiger partial charge in [-0.2, -0.15) is 0 Å². The van der Waals surface area contributed by atoms with E-state index in [1.807, 2.05) is 24.3 Å². The van der Waals surface area contributed by atoms with Gasteiger partial charge in [0, 0.05) is 31.8 Å². The lowest BCUT2D eigenvalue weighted by Crippen LogP contribution is -2.32. The number of rotatable bonds is 9. The Labute approximate surface area is 172 Å². The van der Waals surface area contributed by atoms with E-state index in [1.54, 1.807) is 19.2 Å². The van der Waals surface area contributed by atoms with Gasteiger partial charge in [-0.05, 0) is 67.3 Å². The summed E-state index contributed by atoms with van der Waals surface area (Å²) in [7, 11) is 1.67. The zero-order valence-corrected chi connectivity index (χ0v) is 17.1. The maximum atomic E-state index is 10.9. The van der Waals surface area contributed by atoms with Crippen molar-refractivity contribution in [3.63, 3.8) is 0 Å². The SMILES string of the molecule is COc1ccc(CN(Cc2ccc([N+](=O)[O-])cc2)CC2CCC(CN)CC2)cc1. The molecule has 3 rings (SSSR count). The van der Waals surface area contributed by atoms with E-state index in [1.165, 1.54) is 31.2 Å². The van der Waals surface area contributed by atoms with E-state index in [2.05, 4.69) is 17.0 Å². The third-order valence-corrected chi connectivity index (χ3v) is 5.93. The minimum absolute atomic E-state index is 0.135. The van der Waals surface area contributed by atoms with E-state index in [0.717, 1.165) is 37.5 Å². The Morgan fingerprint density at radius 3 is 1.97 bits per heavy atom. The second-order valence-corrected chi connectivity index (χ2v) is 8.06. The molecule has 0 saturated heterocycles. The average molecular weight is 398 g/mol. The van der Waals surface area contributed by atoms with Crippen molar-refractivity contribution < 1.29 is 9.66 Å². The summed E-state index contributed by atoms with van der Waals surface area (Å²) in [5.74, 6) is 2.21. The van der Waals surface area contributed by atoms with E-state index >= 15 is 0 Å². The molecule has 0 bridgehead atoms. The van der Waals surface area contributed by atoms with Crippen LogP contribution >= 0.6 is 0 Å². The molecule has 2 aromatic carbocycles. The van der Waals surface area contributed by atoms with Crippen LogP contribution in [0.1, 0.15) is 36.8 Å². The van der Waals surface area contributed by atoms with Gasteiger partial charge in [-0.25, -0.2) is 0 Å². The summed E-state index contributed by atoms with van der Waals surface area (Å²) in [6.07, 6.45) is 4.88. The van der Waals surface area contributed by atoms with Crippen LogP contribution in [0.25, 0.3) is 0 Å². The molecule has 0 spiro atoms. The first kappa shape index (κ1) is 21.3. The lowest BCUT2D eigenvalue weighted by Gasteiger charge is -2.32. The zero-order valence-electron chi connectivity index (χ0n) is 17.1. The molecule has 0 radical (unpaired) electrons. The Morgan fingerprint density at radius 2 is 1.48 bits per heavy atom. The first-order valence-electron chi connectivity index (χ1n) is 10.4. The van der Waals surface area contributed by atoms with Gasteiger partial charge in [0.05, 0.1) is 12.0 Å². The summed E-state index contributed by atoms with van der Waals surface area (Å²) in [4.78, 5) is 13.0. The van der Waals surface area contributed by atoms with Crippen molar-refractivity contribution in [2.45, 2.75) is 38.8 Å². The fraction of sp³-hybridized carbons (Fsp3) is 0.478. The maximum absolute atomic E-state index is 10.9. The zero-order chi connectivity index (χ0) is 20.6. The number of nitro benzene ring substituents is 1. The molecule has 0 atom stereocenters. The quantitative estimate of drug-likeness (QED) is 0.502. The fourth-order valence-corrected chi connectivity index (χ4v) is 4.17. The molecule has 1 saturated carbocycles. The first-order chi connectivity index (χ1) is 14.1. The third kappa shape index (κ3) is 6.27. The van der Waals surface area contributed by atoms with Crippen LogP contribution in [0.2, 0.25) is 0 Å². The van der Waals surface area contributed by atoms with Gasteiger partial charge in [-0.3, -0.25) is 15.0 Å². The van der Waals surface area contributed by atoms with Gasteiger partial charge in [0.15, 0.2) is 0 Å². The number of benzene rings is 2. The number of nitrogens with zero attached hydrogens (tertiary/aromatic N) is 2. The van der Waals surface area contributed by atoms with Crippen LogP contribution in [0, 0.1) is 22.0 Å². The van der Waals surface area contributed by atoms with Crippen LogP contribution in [0.4, 0.5) is 5.69 Å². The number of hydrogen-bond donors (Lipinski definition) is 1. The molecule has 0 heterocycles. The van der Waals surface area contributed by atoms with Crippen LogP contribution in [-0.4, -0.2) is 30.0 Å². The molecule has 0 amide bonds. The van der Waals surface area contributed by atoms with Gasteiger partial charge in [-0.1, -0.05) is 24.3 Å². The number of nitro groups is 1. The normalized spacial score (nSPS) is 19.3. The van der Waals surface area contributed by atoms with Crippen molar-refractivity contribution in [1.82, 2.24) is 4.90 Å². The van der Waals surface area contributed by atoms with Gasteiger partial charge in [0.25, 0.3) is 5.69 Å². The number of ether oxygens (including phenoxy) is 1. The van der Waals surface area contributed by atoms with Crippen LogP contribution in [0.15, 0.2) is 48.5 Å². The monoisotopic (exact) mass is 397 g/mol. The molecule has 0 aliphatic heterocycles. The smallest absolute Gasteiger partial charge is 0.269 e. The number of methoxy groups -OCH3 is 1. The summed E-state index contributed by atoms with van der Waals surface area (Å²) in [6, 6.07) is 15.1. The number of nitrogens with two attached hydrogens (primary N) is 1. The highest BCUT2D eigenvalue weighted by molar-refractivity contribution is 5.33. The number of hydrogen-bond acceptors (Lipinski definition) is 5. The highest BCUT2D eigenvalue weighted by atomic mass is 16.6. The molecule has 0 aromatic heterocycles. The Morgan fingerprint density at radius 1 is 0.966 bits per heavy atom. The molecule has 2 aromatic rings. The molecule has 1 fully saturated rings. The van der Waals surface area contributed by atoms with Gasteiger partial charge in [0.2, 0.25) is 0 Å². The molecule has 1 aliphatic rings. The Bertz CT molecular complexity index is 769. The second kappa shape index (κ2) is 10.4. The Balaban J connectivity index is 1.68. The fourth-order valence-electron chi connectivity index (χ4n) is 4.17. The summed E-state index contributed by atoms with van der Waals surface area (Å²) in [5, 5.41) is 10.9. The highest BCUT2D eigenvalue weighted by Gasteiger charge is 2.22. The molecule has 2 N–H and O–H groups in total. The minimum atomic E-state index is -0.352. The lowest BCUT2D eigenvalue weighted by atomic mass is 9.82. The summed E-state index contributed by atoms with van der Waals surface area (Å²) >= 11 is 0. The second-order valence-electron chi connectivity index (χ2n) is 8.06. The van der Waals surface area contributed by atoms with Crippen molar-refractivity contribution in [3.8, 4) is 5.75 Å². The molecular formula is C23H31N3O3. The lowest BCUT2D eigenvalue weighted by molar-refractivity contribution is -0.384. The van der Waals surface area contributed by atoms with Gasteiger partial charge in [0.1, 0.15) is 5.75 Å². The summed E-state index contributed by atoms with van der Waals surface area (Å²) in [5.41, 5.74) is 8.31. The largest absolute Gasteiger partial charge is 0.497 e. The summed E-state index contributed by atoms with van der Waals surface area (Å²) < 4.78 is 5.26. The van der Waals surface area contributed by atoms with Crippen LogP contribution in [0.3, 0.4) is 0 Å². The molecule has 1 aliphatic carbocycles. The maximum Gasteiger partial charge on any atom is 0.269 e. The third-order valence-electron chi connectivity index (χ3n) is 5.93. The predicted molar refractivity (Wildman–Crippen MR) is 115 cm³/mol. The highest BCUT2D eigenvalue weighted by Crippen LogP contribution is 2.29. The predicted octanol–water partition coefficient (Wildman–Crippen LogP) is 4.37. The van der Waals surface area contributed by atoms with Crippen molar-refractivity contribution in [3.05, 3.63) is 69.8 Å². The molecule has 156 valence electrons. The topological polar surface area (TPSA) is 81.6 Å². The minimum Gasteiger partial charge on any atom is -0.497 e. The molecule has 6 heteroatoms. The van der Waals surface area contributed by atoms with Gasteiger partial charge >= 0.3 is 0 Å². The Kier molecular flexibility index (Phi) is 7.61. The van der Waals surface area contributed by atoms with E-state index < -0.39 is 0 Å². The standard InChI is InChI=1S/C23H31N3O3/c1-29-23-12-8-21(9-13-23)17-25(15-19-4-2-18(14-24)3-5-19)16-20-6-10-22(11-7-20)26(27)28/h6-13,18-19H,2-5,14-17,24H2,1H3. The van der Waals surface area contributed by atoms with E-state index in [9.17, 15) is 10.1 Å². The molecular weight excluding hydrogens is 366 g/mol. The van der Waals surface area contributed by atoms with Crippen molar-refractivity contribution >= 4 is 5.69 Å². The van der Waals surface area contributed by atoms with Gasteiger partial charge < -0.3 is 10.5 Å². The van der Waals surface area contributed by atoms with E-state index in [-0.39, 0.29) is 10.6 Å². The molecule has 29 heavy (non-hydrogen) atoms. The molecule has 0 unspecified atom stereocenters. The van der Waals surface area contributed by atoms with Crippen molar-refractivity contribution in [2.75, 3.05) is 20.2 Å². The van der Waals surface area contributed by atoms with Crippen LogP contribution < -0.4 is 10.5 Å². The van der Waals surface area contributed by atoms with Crippen molar-refractivity contribution in [2.24, 2.45) is 17.6 Å². The Hall–Kier alpha value is -2.44. The average Bonchev–Trinajstić information content (AvgIpc) is 2.75. The van der Waals surface area contributed by atoms with E-state index in [4.69, 9.17) is 10.5 Å².